The molecule has 2 saturated heterocycles. The van der Waals surface area contributed by atoms with Crippen molar-refractivity contribution < 1.29 is 29.5 Å². The van der Waals surface area contributed by atoms with Crippen molar-refractivity contribution in [2.24, 2.45) is 5.92 Å². The van der Waals surface area contributed by atoms with E-state index in [1.54, 1.807) is 7.05 Å². The van der Waals surface area contributed by atoms with Crippen molar-refractivity contribution in [3.05, 3.63) is 35.9 Å². The molecular weight excluding hydrogens is 400 g/mol. The summed E-state index contributed by atoms with van der Waals surface area (Å²) in [5, 5.41) is 39.8. The highest BCUT2D eigenvalue weighted by atomic mass is 16.8. The first-order valence-electron chi connectivity index (χ1n) is 11.4. The maximum Gasteiger partial charge on any atom is 0.234 e. The van der Waals surface area contributed by atoms with Gasteiger partial charge in [-0.05, 0) is 45.3 Å². The van der Waals surface area contributed by atoms with Crippen molar-refractivity contribution in [2.75, 3.05) is 13.6 Å². The molecule has 3 aliphatic rings. The molecule has 2 heterocycles. The molecule has 4 rings (SSSR count). The first kappa shape index (κ1) is 23.1. The third-order valence-electron chi connectivity index (χ3n) is 7.08. The molecule has 1 aliphatic carbocycles. The molecular formula is C23H36N2O6. The van der Waals surface area contributed by atoms with Crippen molar-refractivity contribution in [1.29, 1.82) is 0 Å². The van der Waals surface area contributed by atoms with Crippen LogP contribution in [0, 0.1) is 5.92 Å². The minimum absolute atomic E-state index is 0.145. The molecule has 1 aromatic rings. The van der Waals surface area contributed by atoms with Gasteiger partial charge in [0.05, 0.1) is 30.4 Å². The van der Waals surface area contributed by atoms with E-state index in [1.165, 1.54) is 5.56 Å². The van der Waals surface area contributed by atoms with Crippen LogP contribution in [0.15, 0.2) is 30.3 Å². The molecule has 3 unspecified atom stereocenters. The highest BCUT2D eigenvalue weighted by Gasteiger charge is 2.63. The zero-order chi connectivity index (χ0) is 22.2. The predicted molar refractivity (Wildman–Crippen MR) is 114 cm³/mol. The summed E-state index contributed by atoms with van der Waals surface area (Å²) in [6.45, 7) is 4.52. The molecule has 5 N–H and O–H groups in total. The Balaban J connectivity index is 1.52. The lowest BCUT2D eigenvalue weighted by Gasteiger charge is -2.58. The van der Waals surface area contributed by atoms with Crippen LogP contribution < -0.4 is 10.6 Å². The Hall–Kier alpha value is -1.10. The lowest BCUT2D eigenvalue weighted by Crippen LogP contribution is -2.77. The normalized spacial score (nSPS) is 45.0. The summed E-state index contributed by atoms with van der Waals surface area (Å²) in [4.78, 5) is 0. The van der Waals surface area contributed by atoms with Gasteiger partial charge in [-0.1, -0.05) is 37.3 Å². The van der Waals surface area contributed by atoms with E-state index in [0.717, 1.165) is 6.42 Å². The minimum Gasteiger partial charge on any atom is -0.391 e. The molecule has 31 heavy (non-hydrogen) atoms. The van der Waals surface area contributed by atoms with Gasteiger partial charge in [-0.25, -0.2) is 0 Å². The van der Waals surface area contributed by atoms with Gasteiger partial charge in [0.15, 0.2) is 0 Å². The summed E-state index contributed by atoms with van der Waals surface area (Å²) in [7, 11) is 1.74. The molecule has 0 amide bonds. The van der Waals surface area contributed by atoms with Gasteiger partial charge >= 0.3 is 0 Å². The molecule has 2 aliphatic heterocycles. The fraction of sp³-hybridized carbons (Fsp3) is 0.739. The Morgan fingerprint density at radius 2 is 1.84 bits per heavy atom. The van der Waals surface area contributed by atoms with Gasteiger partial charge in [0, 0.05) is 5.92 Å². The predicted octanol–water partition coefficient (Wildman–Crippen LogP) is 0.144. The average molecular weight is 437 g/mol. The summed E-state index contributed by atoms with van der Waals surface area (Å²) in [5.74, 6) is -2.08. The zero-order valence-corrected chi connectivity index (χ0v) is 18.5. The van der Waals surface area contributed by atoms with Crippen molar-refractivity contribution in [3.63, 3.8) is 0 Å². The quantitative estimate of drug-likeness (QED) is 0.428. The van der Waals surface area contributed by atoms with E-state index in [-0.39, 0.29) is 12.0 Å². The van der Waals surface area contributed by atoms with Gasteiger partial charge in [0.25, 0.3) is 0 Å². The highest BCUT2D eigenvalue weighted by molar-refractivity contribution is 5.15. The molecule has 8 heteroatoms. The van der Waals surface area contributed by atoms with Crippen molar-refractivity contribution >= 4 is 0 Å². The second-order valence-electron chi connectivity index (χ2n) is 9.06. The number of aliphatic hydroxyl groups is 3. The van der Waals surface area contributed by atoms with E-state index in [1.807, 2.05) is 32.0 Å². The molecule has 0 aromatic heterocycles. The summed E-state index contributed by atoms with van der Waals surface area (Å²) in [6.07, 6.45) is -2.35. The van der Waals surface area contributed by atoms with E-state index in [9.17, 15) is 15.3 Å². The van der Waals surface area contributed by atoms with Crippen molar-refractivity contribution in [3.8, 4) is 0 Å². The van der Waals surface area contributed by atoms with Crippen LogP contribution in [0.1, 0.15) is 32.3 Å². The summed E-state index contributed by atoms with van der Waals surface area (Å²) >= 11 is 0. The lowest BCUT2D eigenvalue weighted by molar-refractivity contribution is -0.451. The number of fused-ring (bicyclic) bond motifs is 2. The van der Waals surface area contributed by atoms with Gasteiger partial charge in [0.1, 0.15) is 12.2 Å². The van der Waals surface area contributed by atoms with Crippen LogP contribution in [-0.2, 0) is 20.6 Å². The standard InChI is InChI=1S/C23H36N2O6/c1-4-15-18(26)17(24-3)20-21(19(15)27)30-22-23(28,31-20)16(12-13(2)29-22)25-11-10-14-8-6-5-7-9-14/h5-9,13,15-22,24-28H,4,10-12H2,1-3H3/t13-,15-,16-,17+,18+,19+,20?,21?,22?,23+/m1/s1. The lowest BCUT2D eigenvalue weighted by atomic mass is 9.74. The molecule has 0 spiro atoms. The molecule has 1 saturated carbocycles. The molecule has 10 atom stereocenters. The Morgan fingerprint density at radius 3 is 2.52 bits per heavy atom. The van der Waals surface area contributed by atoms with E-state index >= 15 is 0 Å². The van der Waals surface area contributed by atoms with Crippen LogP contribution in [0.3, 0.4) is 0 Å². The minimum atomic E-state index is -1.72. The van der Waals surface area contributed by atoms with Crippen LogP contribution in [-0.4, -0.2) is 83.6 Å². The number of nitrogens with one attached hydrogen (secondary N) is 2. The van der Waals surface area contributed by atoms with Crippen molar-refractivity contribution in [1.82, 2.24) is 10.6 Å². The van der Waals surface area contributed by atoms with Gasteiger partial charge in [-0.3, -0.25) is 0 Å². The van der Waals surface area contributed by atoms with Crippen LogP contribution in [0.5, 0.6) is 0 Å². The number of hydrogen-bond acceptors (Lipinski definition) is 8. The number of hydrogen-bond donors (Lipinski definition) is 5. The Labute approximate surface area is 183 Å². The maximum absolute atomic E-state index is 11.6. The van der Waals surface area contributed by atoms with Crippen LogP contribution in [0.4, 0.5) is 0 Å². The molecule has 0 radical (unpaired) electrons. The summed E-state index contributed by atoms with van der Waals surface area (Å²) in [6, 6.07) is 9.26. The SMILES string of the molecule is CC[C@@H]1[C@H](O)[C@H](NC)C2O[C@]3(O)C(OC2[C@H]1O)O[C@H](C)C[C@H]3NCCc1ccccc1. The third kappa shape index (κ3) is 4.28. The van der Waals surface area contributed by atoms with E-state index in [4.69, 9.17) is 14.2 Å². The Bertz CT molecular complexity index is 723. The second kappa shape index (κ2) is 9.41. The largest absolute Gasteiger partial charge is 0.391 e. The van der Waals surface area contributed by atoms with Crippen molar-refractivity contribution in [2.45, 2.75) is 87.8 Å². The first-order chi connectivity index (χ1) is 14.9. The summed E-state index contributed by atoms with van der Waals surface area (Å²) < 4.78 is 18.3. The number of rotatable bonds is 6. The highest BCUT2D eigenvalue weighted by Crippen LogP contribution is 2.43. The van der Waals surface area contributed by atoms with E-state index < -0.39 is 48.6 Å². The Morgan fingerprint density at radius 1 is 1.10 bits per heavy atom. The number of benzene rings is 1. The van der Waals surface area contributed by atoms with Crippen LogP contribution in [0.25, 0.3) is 0 Å². The number of ether oxygens (including phenoxy) is 3. The fourth-order valence-corrected chi connectivity index (χ4v) is 5.34. The second-order valence-corrected chi connectivity index (χ2v) is 9.06. The number of aliphatic hydroxyl groups excluding tert-OH is 2. The molecule has 0 bridgehead atoms. The smallest absolute Gasteiger partial charge is 0.234 e. The third-order valence-corrected chi connectivity index (χ3v) is 7.08. The first-order valence-corrected chi connectivity index (χ1v) is 11.4. The Kier molecular flexibility index (Phi) is 7.00. The molecule has 174 valence electrons. The molecule has 1 aromatic carbocycles. The maximum atomic E-state index is 11.6. The van der Waals surface area contributed by atoms with Crippen LogP contribution >= 0.6 is 0 Å². The van der Waals surface area contributed by atoms with Gasteiger partial charge in [-0.2, -0.15) is 0 Å². The zero-order valence-electron chi connectivity index (χ0n) is 18.5. The van der Waals surface area contributed by atoms with Crippen LogP contribution in [0.2, 0.25) is 0 Å². The molecule has 8 nitrogen and oxygen atoms in total. The summed E-state index contributed by atoms with van der Waals surface area (Å²) in [5.41, 5.74) is 1.21. The fourth-order valence-electron chi connectivity index (χ4n) is 5.34. The topological polar surface area (TPSA) is 112 Å². The van der Waals surface area contributed by atoms with Gasteiger partial charge in [-0.15, -0.1) is 0 Å². The van der Waals surface area contributed by atoms with Gasteiger partial charge < -0.3 is 40.2 Å². The van der Waals surface area contributed by atoms with Gasteiger partial charge in [0.2, 0.25) is 12.1 Å². The monoisotopic (exact) mass is 436 g/mol. The van der Waals surface area contributed by atoms with E-state index in [2.05, 4.69) is 22.8 Å². The number of likely N-dealkylation sites (N-methyl/N-ethyl adjacent to an activating group) is 1. The van der Waals surface area contributed by atoms with E-state index in [0.29, 0.717) is 19.4 Å². The average Bonchev–Trinajstić information content (AvgIpc) is 2.75. The molecule has 3 fully saturated rings.